The van der Waals surface area contributed by atoms with E-state index in [0.717, 1.165) is 25.7 Å². The first-order valence-corrected chi connectivity index (χ1v) is 8.36. The Morgan fingerprint density at radius 3 is 1.64 bits per heavy atom. The largest absolute Gasteiger partial charge is 0.512 e. The molecule has 0 aliphatic carbocycles. The van der Waals surface area contributed by atoms with Gasteiger partial charge in [0.2, 0.25) is 0 Å². The van der Waals surface area contributed by atoms with E-state index in [1.165, 1.54) is 0 Å². The van der Waals surface area contributed by atoms with Gasteiger partial charge in [-0.1, -0.05) is 55.5 Å². The molecule has 0 saturated carbocycles. The molecule has 0 aromatic heterocycles. The Bertz CT molecular complexity index is 522. The lowest BCUT2D eigenvalue weighted by molar-refractivity contribution is -0.774. The highest BCUT2D eigenvalue weighted by Gasteiger charge is 2.55. The van der Waals surface area contributed by atoms with Gasteiger partial charge in [-0.15, -0.1) is 0 Å². The highest BCUT2D eigenvalue weighted by molar-refractivity contribution is 5.59. The number of allylic oxidation sites excluding steroid dienone is 8. The van der Waals surface area contributed by atoms with Crippen LogP contribution in [0, 0.1) is 20.2 Å². The van der Waals surface area contributed by atoms with Crippen molar-refractivity contribution in [2.24, 2.45) is 0 Å². The zero-order valence-electron chi connectivity index (χ0n) is 14.6. The molecule has 0 spiro atoms. The van der Waals surface area contributed by atoms with Gasteiger partial charge in [0.05, 0.1) is 6.42 Å². The van der Waals surface area contributed by atoms with E-state index in [4.69, 9.17) is 0 Å². The lowest BCUT2D eigenvalue weighted by Crippen LogP contribution is -2.47. The van der Waals surface area contributed by atoms with Crippen LogP contribution in [-0.2, 0) is 4.79 Å². The van der Waals surface area contributed by atoms with E-state index < -0.39 is 21.9 Å². The summed E-state index contributed by atoms with van der Waals surface area (Å²) in [6, 6.07) is 0. The fourth-order valence-electron chi connectivity index (χ4n) is 1.97. The topological polar surface area (TPSA) is 103 Å². The Morgan fingerprint density at radius 2 is 1.24 bits per heavy atom. The molecule has 0 heterocycles. The smallest absolute Gasteiger partial charge is 0.287 e. The Morgan fingerprint density at radius 1 is 0.800 bits per heavy atom. The maximum absolute atomic E-state index is 10.8. The summed E-state index contributed by atoms with van der Waals surface area (Å²) in [5.74, 6) is 0. The molecule has 0 aliphatic heterocycles. The second kappa shape index (κ2) is 13.8. The molecule has 0 N–H and O–H groups in total. The van der Waals surface area contributed by atoms with E-state index in [-0.39, 0.29) is 12.7 Å². The molecule has 25 heavy (non-hydrogen) atoms. The first-order chi connectivity index (χ1) is 12.0. The summed E-state index contributed by atoms with van der Waals surface area (Å²) in [6.45, 7) is 2.10. The minimum atomic E-state index is -2.72. The fourth-order valence-corrected chi connectivity index (χ4v) is 1.97. The minimum Gasteiger partial charge on any atom is -0.287 e. The predicted molar refractivity (Wildman–Crippen MR) is 97.3 cm³/mol. The summed E-state index contributed by atoms with van der Waals surface area (Å²) < 4.78 is 0. The number of rotatable bonds is 14. The molecule has 138 valence electrons. The molecule has 0 fully saturated rings. The van der Waals surface area contributed by atoms with E-state index in [2.05, 4.69) is 31.2 Å². The van der Waals surface area contributed by atoms with Crippen LogP contribution in [0.3, 0.4) is 0 Å². The Kier molecular flexibility index (Phi) is 12.4. The Hall–Kier alpha value is -2.57. The number of carbonyl (C=O) groups is 1. The van der Waals surface area contributed by atoms with E-state index in [9.17, 15) is 25.0 Å². The van der Waals surface area contributed by atoms with Crippen molar-refractivity contribution in [3.05, 3.63) is 68.8 Å². The van der Waals surface area contributed by atoms with Crippen molar-refractivity contribution in [3.63, 3.8) is 0 Å². The number of unbranched alkanes of at least 4 members (excludes halogenated alkanes) is 1. The van der Waals surface area contributed by atoms with Crippen LogP contribution in [0.15, 0.2) is 48.6 Å². The van der Waals surface area contributed by atoms with E-state index >= 15 is 0 Å². The number of hydrogen-bond donors (Lipinski definition) is 0. The predicted octanol–water partition coefficient (Wildman–Crippen LogP) is 4.41. The Labute approximate surface area is 148 Å². The second-order valence-electron chi connectivity index (χ2n) is 5.40. The van der Waals surface area contributed by atoms with Crippen molar-refractivity contribution in [2.75, 3.05) is 0 Å². The van der Waals surface area contributed by atoms with Gasteiger partial charge in [0.25, 0.3) is 6.29 Å². The number of aldehydes is 1. The summed E-state index contributed by atoms with van der Waals surface area (Å²) in [5, 5.41) is 21.5. The number of nitrogens with zero attached hydrogens (tertiary/aromatic N) is 2. The van der Waals surface area contributed by atoms with Crippen LogP contribution in [-0.4, -0.2) is 21.8 Å². The standard InChI is InChI=1S/C18H26N2O5/c1-2-3-4-5-6-7-8-9-10-11-12-13-14-15-16-18(17-21,19(22)23)20(24)25/h3-4,6-7,9-10,12-13,17H,2,5,8,11,14-16H2,1H3/b4-3+,7-6+,10-9+,13-12+. The Balaban J connectivity index is 3.98. The van der Waals surface area contributed by atoms with Crippen molar-refractivity contribution >= 4 is 6.29 Å². The van der Waals surface area contributed by atoms with Crippen LogP contribution in [0.1, 0.15) is 51.9 Å². The maximum Gasteiger partial charge on any atom is 0.512 e. The first-order valence-electron chi connectivity index (χ1n) is 8.36. The fraction of sp³-hybridized carbons (Fsp3) is 0.500. The average Bonchev–Trinajstić information content (AvgIpc) is 2.58. The van der Waals surface area contributed by atoms with Crippen molar-refractivity contribution in [1.29, 1.82) is 0 Å². The third kappa shape index (κ3) is 9.34. The van der Waals surface area contributed by atoms with Crippen LogP contribution in [0.4, 0.5) is 0 Å². The minimum absolute atomic E-state index is 0.189. The van der Waals surface area contributed by atoms with E-state index in [1.807, 2.05) is 24.3 Å². The highest BCUT2D eigenvalue weighted by Crippen LogP contribution is 2.17. The van der Waals surface area contributed by atoms with Gasteiger partial charge < -0.3 is 0 Å². The summed E-state index contributed by atoms with van der Waals surface area (Å²) >= 11 is 0. The summed E-state index contributed by atoms with van der Waals surface area (Å²) in [5.41, 5.74) is -2.72. The van der Waals surface area contributed by atoms with Gasteiger partial charge in [0.15, 0.2) is 0 Å². The number of hydrogen-bond acceptors (Lipinski definition) is 5. The third-order valence-electron chi connectivity index (χ3n) is 3.46. The molecule has 0 unspecified atom stereocenters. The van der Waals surface area contributed by atoms with Gasteiger partial charge in [-0.2, -0.15) is 0 Å². The average molecular weight is 350 g/mol. The number of carbonyl (C=O) groups excluding carboxylic acids is 1. The maximum atomic E-state index is 10.8. The van der Waals surface area contributed by atoms with Crippen molar-refractivity contribution in [1.82, 2.24) is 0 Å². The zero-order chi connectivity index (χ0) is 19.0. The van der Waals surface area contributed by atoms with Gasteiger partial charge in [-0.05, 0) is 38.5 Å². The van der Waals surface area contributed by atoms with Crippen LogP contribution in [0.25, 0.3) is 0 Å². The molecule has 0 atom stereocenters. The van der Waals surface area contributed by atoms with Crippen LogP contribution < -0.4 is 0 Å². The molecule has 0 aliphatic rings. The molecule has 0 bridgehead atoms. The van der Waals surface area contributed by atoms with Gasteiger partial charge in [0.1, 0.15) is 9.85 Å². The summed E-state index contributed by atoms with van der Waals surface area (Å²) in [4.78, 5) is 30.0. The third-order valence-corrected chi connectivity index (χ3v) is 3.46. The SMILES string of the molecule is CC/C=C/C/C=C/C/C=C/C/C=C/CCCC(C=O)([N+](=O)[O-])[N+](=O)[O-]. The normalized spacial score (nSPS) is 12.7. The molecule has 0 saturated heterocycles. The van der Waals surface area contributed by atoms with Gasteiger partial charge >= 0.3 is 5.66 Å². The molecular weight excluding hydrogens is 324 g/mol. The molecule has 0 aromatic rings. The first kappa shape index (κ1) is 22.4. The zero-order valence-corrected chi connectivity index (χ0v) is 14.6. The van der Waals surface area contributed by atoms with Gasteiger partial charge in [-0.3, -0.25) is 25.0 Å². The molecular formula is C18H26N2O5. The van der Waals surface area contributed by atoms with E-state index in [0.29, 0.717) is 6.42 Å². The highest BCUT2D eigenvalue weighted by atomic mass is 16.7. The lowest BCUT2D eigenvalue weighted by Gasteiger charge is -2.09. The molecule has 7 heteroatoms. The molecule has 0 amide bonds. The molecule has 0 rings (SSSR count). The van der Waals surface area contributed by atoms with Crippen molar-refractivity contribution in [2.45, 2.75) is 57.5 Å². The van der Waals surface area contributed by atoms with Crippen molar-refractivity contribution < 1.29 is 14.6 Å². The summed E-state index contributed by atoms with van der Waals surface area (Å²) in [7, 11) is 0. The number of nitro groups is 2. The van der Waals surface area contributed by atoms with Crippen LogP contribution >= 0.6 is 0 Å². The van der Waals surface area contributed by atoms with Crippen molar-refractivity contribution in [3.8, 4) is 0 Å². The van der Waals surface area contributed by atoms with Crippen LogP contribution in [0.5, 0.6) is 0 Å². The summed E-state index contributed by atoms with van der Waals surface area (Å²) in [6.07, 6.45) is 19.8. The molecule has 0 aromatic carbocycles. The second-order valence-corrected chi connectivity index (χ2v) is 5.40. The monoisotopic (exact) mass is 350 g/mol. The molecule has 7 nitrogen and oxygen atoms in total. The quantitative estimate of drug-likeness (QED) is 0.115. The lowest BCUT2D eigenvalue weighted by atomic mass is 10.1. The van der Waals surface area contributed by atoms with E-state index in [1.54, 1.807) is 0 Å². The van der Waals surface area contributed by atoms with Gasteiger partial charge in [0, 0.05) is 0 Å². The van der Waals surface area contributed by atoms with Gasteiger partial charge in [-0.25, -0.2) is 0 Å². The molecule has 0 radical (unpaired) electrons. The van der Waals surface area contributed by atoms with Crippen LogP contribution in [0.2, 0.25) is 0 Å².